The van der Waals surface area contributed by atoms with Crippen molar-refractivity contribution in [3.05, 3.63) is 16.5 Å². The van der Waals surface area contributed by atoms with Gasteiger partial charge in [-0.15, -0.1) is 0 Å². The minimum absolute atomic E-state index is 0.159. The standard InChI is InChI=1S/C11H14Cl2N4O2/c1-2-19-11(18)17-5-3-16(4-6-17)9-8(12)7-14-10(13)15-9/h7H,2-6H2,1H3. The van der Waals surface area contributed by atoms with Crippen molar-refractivity contribution in [1.82, 2.24) is 14.9 Å². The van der Waals surface area contributed by atoms with Crippen LogP contribution in [0.1, 0.15) is 6.92 Å². The van der Waals surface area contributed by atoms with Crippen LogP contribution in [-0.4, -0.2) is 53.7 Å². The molecular weight excluding hydrogens is 291 g/mol. The lowest BCUT2D eigenvalue weighted by molar-refractivity contribution is 0.105. The second-order valence-corrected chi connectivity index (χ2v) is 4.73. The molecule has 2 rings (SSSR count). The van der Waals surface area contributed by atoms with Crippen LogP contribution in [0.3, 0.4) is 0 Å². The van der Waals surface area contributed by atoms with Gasteiger partial charge in [-0.1, -0.05) is 11.6 Å². The minimum atomic E-state index is -0.283. The van der Waals surface area contributed by atoms with Gasteiger partial charge in [0.25, 0.3) is 0 Å². The Balaban J connectivity index is 2.00. The van der Waals surface area contributed by atoms with Crippen molar-refractivity contribution >= 4 is 35.1 Å². The summed E-state index contributed by atoms with van der Waals surface area (Å²) in [5.74, 6) is 0.602. The van der Waals surface area contributed by atoms with E-state index in [1.54, 1.807) is 11.8 Å². The molecule has 6 nitrogen and oxygen atoms in total. The van der Waals surface area contributed by atoms with Gasteiger partial charge in [-0.25, -0.2) is 9.78 Å². The number of piperazine rings is 1. The Morgan fingerprint density at radius 3 is 2.68 bits per heavy atom. The number of ether oxygens (including phenoxy) is 1. The van der Waals surface area contributed by atoms with E-state index in [0.29, 0.717) is 43.6 Å². The van der Waals surface area contributed by atoms with Gasteiger partial charge in [0.05, 0.1) is 12.8 Å². The molecular formula is C11H14Cl2N4O2. The van der Waals surface area contributed by atoms with Crippen molar-refractivity contribution in [2.45, 2.75) is 6.92 Å². The highest BCUT2D eigenvalue weighted by Crippen LogP contribution is 2.24. The Morgan fingerprint density at radius 1 is 1.37 bits per heavy atom. The number of nitrogens with zero attached hydrogens (tertiary/aromatic N) is 4. The molecule has 8 heteroatoms. The molecule has 1 amide bonds. The van der Waals surface area contributed by atoms with Crippen LogP contribution < -0.4 is 4.90 Å². The monoisotopic (exact) mass is 304 g/mol. The van der Waals surface area contributed by atoms with E-state index in [-0.39, 0.29) is 11.4 Å². The van der Waals surface area contributed by atoms with Gasteiger partial charge >= 0.3 is 6.09 Å². The molecule has 0 atom stereocenters. The largest absolute Gasteiger partial charge is 0.450 e. The Morgan fingerprint density at radius 2 is 2.05 bits per heavy atom. The van der Waals surface area contributed by atoms with Crippen LogP contribution in [0.25, 0.3) is 0 Å². The van der Waals surface area contributed by atoms with Crippen LogP contribution in [-0.2, 0) is 4.74 Å². The van der Waals surface area contributed by atoms with Crippen molar-refractivity contribution < 1.29 is 9.53 Å². The van der Waals surface area contributed by atoms with Gasteiger partial charge < -0.3 is 14.5 Å². The third-order valence-electron chi connectivity index (χ3n) is 2.80. The van der Waals surface area contributed by atoms with Crippen molar-refractivity contribution in [2.75, 3.05) is 37.7 Å². The lowest BCUT2D eigenvalue weighted by atomic mass is 10.3. The summed E-state index contributed by atoms with van der Waals surface area (Å²) in [6.45, 7) is 4.56. The average molecular weight is 305 g/mol. The molecule has 1 saturated heterocycles. The molecule has 19 heavy (non-hydrogen) atoms. The van der Waals surface area contributed by atoms with Crippen LogP contribution >= 0.6 is 23.2 Å². The number of aromatic nitrogens is 2. The summed E-state index contributed by atoms with van der Waals surface area (Å²) in [7, 11) is 0. The zero-order valence-electron chi connectivity index (χ0n) is 10.5. The third-order valence-corrected chi connectivity index (χ3v) is 3.25. The third kappa shape index (κ3) is 3.39. The molecule has 2 heterocycles. The molecule has 0 aliphatic carbocycles. The summed E-state index contributed by atoms with van der Waals surface area (Å²) in [6, 6.07) is 0. The predicted octanol–water partition coefficient (Wildman–Crippen LogP) is 2.06. The Labute approximate surface area is 121 Å². The molecule has 0 unspecified atom stereocenters. The maximum Gasteiger partial charge on any atom is 0.409 e. The van der Waals surface area contributed by atoms with Gasteiger partial charge in [0.15, 0.2) is 5.82 Å². The number of anilines is 1. The molecule has 1 aliphatic heterocycles. The maximum absolute atomic E-state index is 11.6. The Bertz CT molecular complexity index is 464. The van der Waals surface area contributed by atoms with Crippen LogP contribution in [0.4, 0.5) is 10.6 Å². The minimum Gasteiger partial charge on any atom is -0.450 e. The van der Waals surface area contributed by atoms with Crippen molar-refractivity contribution in [1.29, 1.82) is 0 Å². The number of carbonyl (C=O) groups excluding carboxylic acids is 1. The number of halogens is 2. The first-order valence-electron chi connectivity index (χ1n) is 5.96. The summed E-state index contributed by atoms with van der Waals surface area (Å²) in [6.07, 6.45) is 1.19. The second kappa shape index (κ2) is 6.25. The zero-order chi connectivity index (χ0) is 13.8. The number of hydrogen-bond donors (Lipinski definition) is 0. The molecule has 0 N–H and O–H groups in total. The number of carbonyl (C=O) groups is 1. The fraction of sp³-hybridized carbons (Fsp3) is 0.545. The van der Waals surface area contributed by atoms with E-state index in [1.165, 1.54) is 6.20 Å². The zero-order valence-corrected chi connectivity index (χ0v) is 12.0. The molecule has 0 spiro atoms. The van der Waals surface area contributed by atoms with E-state index in [0.717, 1.165) is 0 Å². The number of amides is 1. The Hall–Kier alpha value is -1.27. The van der Waals surface area contributed by atoms with Gasteiger partial charge in [0.2, 0.25) is 5.28 Å². The summed E-state index contributed by atoms with van der Waals surface area (Å²) in [4.78, 5) is 23.1. The van der Waals surface area contributed by atoms with Crippen LogP contribution in [0.2, 0.25) is 10.3 Å². The van der Waals surface area contributed by atoms with Crippen molar-refractivity contribution in [2.24, 2.45) is 0 Å². The normalized spacial score (nSPS) is 15.5. The van der Waals surface area contributed by atoms with E-state index in [2.05, 4.69) is 9.97 Å². The van der Waals surface area contributed by atoms with E-state index < -0.39 is 0 Å². The fourth-order valence-electron chi connectivity index (χ4n) is 1.87. The molecule has 1 aromatic heterocycles. The topological polar surface area (TPSA) is 58.6 Å². The molecule has 0 radical (unpaired) electrons. The second-order valence-electron chi connectivity index (χ2n) is 3.98. The van der Waals surface area contributed by atoms with Gasteiger partial charge in [-0.3, -0.25) is 0 Å². The predicted molar refractivity (Wildman–Crippen MR) is 72.9 cm³/mol. The van der Waals surface area contributed by atoms with Crippen molar-refractivity contribution in [3.63, 3.8) is 0 Å². The van der Waals surface area contributed by atoms with Crippen LogP contribution in [0, 0.1) is 0 Å². The number of rotatable bonds is 2. The van der Waals surface area contributed by atoms with Gasteiger partial charge in [-0.2, -0.15) is 4.98 Å². The van der Waals surface area contributed by atoms with E-state index in [1.807, 2.05) is 4.90 Å². The first kappa shape index (κ1) is 14.1. The molecule has 0 aromatic carbocycles. The fourth-order valence-corrected chi connectivity index (χ4v) is 2.21. The highest BCUT2D eigenvalue weighted by molar-refractivity contribution is 6.33. The van der Waals surface area contributed by atoms with Crippen LogP contribution in [0.5, 0.6) is 0 Å². The quantitative estimate of drug-likeness (QED) is 0.783. The highest BCUT2D eigenvalue weighted by Gasteiger charge is 2.24. The molecule has 1 aromatic rings. The lowest BCUT2D eigenvalue weighted by Crippen LogP contribution is -2.49. The van der Waals surface area contributed by atoms with E-state index in [9.17, 15) is 4.79 Å². The van der Waals surface area contributed by atoms with E-state index >= 15 is 0 Å². The molecule has 0 bridgehead atoms. The van der Waals surface area contributed by atoms with E-state index in [4.69, 9.17) is 27.9 Å². The first-order chi connectivity index (χ1) is 9.11. The van der Waals surface area contributed by atoms with Gasteiger partial charge in [0, 0.05) is 26.2 Å². The summed E-state index contributed by atoms with van der Waals surface area (Å²) in [5, 5.41) is 0.612. The molecule has 104 valence electrons. The highest BCUT2D eigenvalue weighted by atomic mass is 35.5. The summed E-state index contributed by atoms with van der Waals surface area (Å²) < 4.78 is 4.96. The maximum atomic E-state index is 11.6. The molecule has 1 fully saturated rings. The van der Waals surface area contributed by atoms with Gasteiger partial charge in [0.1, 0.15) is 5.02 Å². The molecule has 0 saturated carbocycles. The van der Waals surface area contributed by atoms with Crippen LogP contribution in [0.15, 0.2) is 6.20 Å². The van der Waals surface area contributed by atoms with Crippen molar-refractivity contribution in [3.8, 4) is 0 Å². The average Bonchev–Trinajstić information content (AvgIpc) is 2.42. The SMILES string of the molecule is CCOC(=O)N1CCN(c2nc(Cl)ncc2Cl)CC1. The molecule has 1 aliphatic rings. The summed E-state index contributed by atoms with van der Waals surface area (Å²) in [5.41, 5.74) is 0. The lowest BCUT2D eigenvalue weighted by Gasteiger charge is -2.34. The smallest absolute Gasteiger partial charge is 0.409 e. The first-order valence-corrected chi connectivity index (χ1v) is 6.72. The van der Waals surface area contributed by atoms with Gasteiger partial charge in [-0.05, 0) is 18.5 Å². The number of hydrogen-bond acceptors (Lipinski definition) is 5. The Kier molecular flexibility index (Phi) is 4.66. The summed E-state index contributed by atoms with van der Waals surface area (Å²) >= 11 is 11.8.